The minimum absolute atomic E-state index is 0.117. The van der Waals surface area contributed by atoms with Crippen LogP contribution in [0.5, 0.6) is 5.75 Å². The van der Waals surface area contributed by atoms with Gasteiger partial charge in [-0.15, -0.1) is 0 Å². The van der Waals surface area contributed by atoms with E-state index >= 15 is 0 Å². The Morgan fingerprint density at radius 2 is 1.73 bits per heavy atom. The van der Waals surface area contributed by atoms with E-state index in [4.69, 9.17) is 17.0 Å². The Balaban J connectivity index is 1.81. The summed E-state index contributed by atoms with van der Waals surface area (Å²) in [5.41, 5.74) is 3.43. The van der Waals surface area contributed by atoms with Gasteiger partial charge < -0.3 is 15.4 Å². The number of ether oxygens (including phenoxy) is 1. The number of anilines is 1. The highest BCUT2D eigenvalue weighted by atomic mass is 32.1. The third-order valence-electron chi connectivity index (χ3n) is 3.10. The smallest absolute Gasteiger partial charge is 0.171 e. The van der Waals surface area contributed by atoms with Gasteiger partial charge in [-0.1, -0.05) is 24.3 Å². The largest absolute Gasteiger partial charge is 0.491 e. The fraction of sp³-hybridized carbons (Fsp3) is 0.278. The van der Waals surface area contributed by atoms with Crippen molar-refractivity contribution < 1.29 is 4.74 Å². The number of nitrogens with one attached hydrogen (secondary N) is 2. The van der Waals surface area contributed by atoms with E-state index in [1.54, 1.807) is 0 Å². The van der Waals surface area contributed by atoms with Crippen molar-refractivity contribution in [3.8, 4) is 5.75 Å². The first-order valence-electron chi connectivity index (χ1n) is 7.36. The van der Waals surface area contributed by atoms with Crippen LogP contribution >= 0.6 is 12.2 Å². The first-order valence-corrected chi connectivity index (χ1v) is 7.77. The Morgan fingerprint density at radius 3 is 2.36 bits per heavy atom. The molecule has 0 saturated carbocycles. The summed E-state index contributed by atoms with van der Waals surface area (Å²) in [6.07, 6.45) is 0. The second-order valence-electron chi connectivity index (χ2n) is 5.50. The molecule has 0 radical (unpaired) electrons. The van der Waals surface area contributed by atoms with E-state index in [-0.39, 0.29) is 6.04 Å². The second-order valence-corrected chi connectivity index (χ2v) is 5.91. The Morgan fingerprint density at radius 1 is 1.09 bits per heavy atom. The van der Waals surface area contributed by atoms with Crippen LogP contribution in [0.2, 0.25) is 0 Å². The molecule has 22 heavy (non-hydrogen) atoms. The van der Waals surface area contributed by atoms with Crippen molar-refractivity contribution in [2.45, 2.75) is 26.8 Å². The Kier molecular flexibility index (Phi) is 5.78. The summed E-state index contributed by atoms with van der Waals surface area (Å²) in [7, 11) is 0. The van der Waals surface area contributed by atoms with Crippen LogP contribution in [0.3, 0.4) is 0 Å². The third-order valence-corrected chi connectivity index (χ3v) is 3.32. The van der Waals surface area contributed by atoms with Crippen molar-refractivity contribution in [1.82, 2.24) is 5.32 Å². The number of aryl methyl sites for hydroxylation is 2. The molecule has 0 aromatic heterocycles. The molecule has 2 aromatic rings. The second kappa shape index (κ2) is 7.80. The molecule has 1 atom stereocenters. The van der Waals surface area contributed by atoms with E-state index in [1.807, 2.05) is 37.3 Å². The van der Waals surface area contributed by atoms with Crippen molar-refractivity contribution in [3.05, 3.63) is 59.7 Å². The van der Waals surface area contributed by atoms with Gasteiger partial charge in [0, 0.05) is 5.69 Å². The van der Waals surface area contributed by atoms with Gasteiger partial charge in [-0.2, -0.15) is 0 Å². The molecule has 1 unspecified atom stereocenters. The maximum absolute atomic E-state index is 5.71. The normalized spacial score (nSPS) is 11.6. The quantitative estimate of drug-likeness (QED) is 0.816. The van der Waals surface area contributed by atoms with E-state index in [0.717, 1.165) is 11.4 Å². The predicted molar refractivity (Wildman–Crippen MR) is 96.7 cm³/mol. The van der Waals surface area contributed by atoms with Gasteiger partial charge >= 0.3 is 0 Å². The van der Waals surface area contributed by atoms with Gasteiger partial charge in [0.25, 0.3) is 0 Å². The van der Waals surface area contributed by atoms with Gasteiger partial charge in [-0.25, -0.2) is 0 Å². The van der Waals surface area contributed by atoms with Gasteiger partial charge in [-0.3, -0.25) is 0 Å². The molecule has 2 rings (SSSR count). The summed E-state index contributed by atoms with van der Waals surface area (Å²) in [4.78, 5) is 0. The first-order chi connectivity index (χ1) is 10.5. The molecule has 0 aliphatic rings. The average molecular weight is 314 g/mol. The molecule has 4 heteroatoms. The lowest BCUT2D eigenvalue weighted by molar-refractivity contribution is 0.287. The summed E-state index contributed by atoms with van der Waals surface area (Å²) in [6, 6.07) is 16.2. The Bertz CT molecular complexity index is 608. The van der Waals surface area contributed by atoms with Crippen LogP contribution in [-0.4, -0.2) is 17.8 Å². The van der Waals surface area contributed by atoms with Crippen molar-refractivity contribution in [2.75, 3.05) is 11.9 Å². The molecule has 3 nitrogen and oxygen atoms in total. The molecular weight excluding hydrogens is 292 g/mol. The lowest BCUT2D eigenvalue weighted by Gasteiger charge is -2.18. The highest BCUT2D eigenvalue weighted by molar-refractivity contribution is 7.80. The number of benzene rings is 2. The summed E-state index contributed by atoms with van der Waals surface area (Å²) in [6.45, 7) is 6.74. The highest BCUT2D eigenvalue weighted by Crippen LogP contribution is 2.13. The van der Waals surface area contributed by atoms with Crippen LogP contribution in [0.1, 0.15) is 18.1 Å². The van der Waals surface area contributed by atoms with Crippen LogP contribution < -0.4 is 15.4 Å². The standard InChI is InChI=1S/C18H22N2OS/c1-13-9-14(2)11-16(10-13)20-18(22)19-15(3)12-21-17-7-5-4-6-8-17/h4-11,15H,12H2,1-3H3,(H2,19,20,22). The van der Waals surface area contributed by atoms with Crippen molar-refractivity contribution in [3.63, 3.8) is 0 Å². The fourth-order valence-electron chi connectivity index (χ4n) is 2.22. The molecule has 2 N–H and O–H groups in total. The molecule has 0 heterocycles. The number of hydrogen-bond donors (Lipinski definition) is 2. The fourth-order valence-corrected chi connectivity index (χ4v) is 2.54. The maximum Gasteiger partial charge on any atom is 0.171 e. The summed E-state index contributed by atoms with van der Waals surface area (Å²) < 4.78 is 5.71. The van der Waals surface area contributed by atoms with Crippen molar-refractivity contribution in [1.29, 1.82) is 0 Å². The highest BCUT2D eigenvalue weighted by Gasteiger charge is 2.06. The summed E-state index contributed by atoms with van der Waals surface area (Å²) in [5.74, 6) is 0.865. The first kappa shape index (κ1) is 16.3. The van der Waals surface area contributed by atoms with E-state index in [1.165, 1.54) is 11.1 Å². The minimum atomic E-state index is 0.117. The molecule has 0 aliphatic carbocycles. The van der Waals surface area contributed by atoms with Gasteiger partial charge in [-0.05, 0) is 68.4 Å². The SMILES string of the molecule is Cc1cc(C)cc(NC(=S)NC(C)COc2ccccc2)c1. The van der Waals surface area contributed by atoms with E-state index in [0.29, 0.717) is 11.7 Å². The molecule has 0 amide bonds. The Labute approximate surface area is 137 Å². The molecule has 0 fully saturated rings. The van der Waals surface area contributed by atoms with Crippen LogP contribution in [0.25, 0.3) is 0 Å². The predicted octanol–water partition coefficient (Wildman–Crippen LogP) is 4.06. The lowest BCUT2D eigenvalue weighted by atomic mass is 10.1. The van der Waals surface area contributed by atoms with Crippen LogP contribution in [0.4, 0.5) is 5.69 Å². The van der Waals surface area contributed by atoms with Gasteiger partial charge in [0.2, 0.25) is 0 Å². The van der Waals surface area contributed by atoms with Crippen molar-refractivity contribution in [2.24, 2.45) is 0 Å². The molecule has 0 aliphatic heterocycles. The molecule has 0 spiro atoms. The third kappa shape index (κ3) is 5.37. The lowest BCUT2D eigenvalue weighted by Crippen LogP contribution is -2.39. The topological polar surface area (TPSA) is 33.3 Å². The molecule has 0 bridgehead atoms. The van der Waals surface area contributed by atoms with Crippen molar-refractivity contribution >= 4 is 23.0 Å². The number of thiocarbonyl (C=S) groups is 1. The molecule has 116 valence electrons. The minimum Gasteiger partial charge on any atom is -0.491 e. The zero-order valence-electron chi connectivity index (χ0n) is 13.2. The van der Waals surface area contributed by atoms with E-state index < -0.39 is 0 Å². The zero-order valence-corrected chi connectivity index (χ0v) is 14.0. The van der Waals surface area contributed by atoms with Crippen LogP contribution in [-0.2, 0) is 0 Å². The van der Waals surface area contributed by atoms with E-state index in [2.05, 4.69) is 42.7 Å². The summed E-state index contributed by atoms with van der Waals surface area (Å²) in [5, 5.41) is 7.06. The van der Waals surface area contributed by atoms with Gasteiger partial charge in [0.1, 0.15) is 12.4 Å². The Hall–Kier alpha value is -2.07. The number of para-hydroxylation sites is 1. The molecular formula is C18H22N2OS. The molecule has 0 saturated heterocycles. The van der Waals surface area contributed by atoms with E-state index in [9.17, 15) is 0 Å². The van der Waals surface area contributed by atoms with Gasteiger partial charge in [0.15, 0.2) is 5.11 Å². The number of rotatable bonds is 5. The monoisotopic (exact) mass is 314 g/mol. The zero-order chi connectivity index (χ0) is 15.9. The van der Waals surface area contributed by atoms with Crippen LogP contribution in [0, 0.1) is 13.8 Å². The van der Waals surface area contributed by atoms with Gasteiger partial charge in [0.05, 0.1) is 6.04 Å². The van der Waals surface area contributed by atoms with Crippen LogP contribution in [0.15, 0.2) is 48.5 Å². The summed E-state index contributed by atoms with van der Waals surface area (Å²) >= 11 is 5.35. The maximum atomic E-state index is 5.71. The average Bonchev–Trinajstić information content (AvgIpc) is 2.45. The molecule has 2 aromatic carbocycles. The number of hydrogen-bond acceptors (Lipinski definition) is 2.